The van der Waals surface area contributed by atoms with Gasteiger partial charge in [0.25, 0.3) is 0 Å². The van der Waals surface area contributed by atoms with E-state index in [2.05, 4.69) is 74.8 Å². The number of ether oxygens (including phenoxy) is 2. The van der Waals surface area contributed by atoms with Gasteiger partial charge in [-0.15, -0.1) is 0 Å². The molecule has 0 radical (unpaired) electrons. The first kappa shape index (κ1) is 36.4. The van der Waals surface area contributed by atoms with Gasteiger partial charge in [0, 0.05) is 54.8 Å². The van der Waals surface area contributed by atoms with E-state index in [9.17, 15) is 4.79 Å². The number of hydrogen-bond donors (Lipinski definition) is 1. The highest BCUT2D eigenvalue weighted by Crippen LogP contribution is 2.85. The van der Waals surface area contributed by atoms with Crippen LogP contribution in [0.25, 0.3) is 0 Å². The van der Waals surface area contributed by atoms with Crippen molar-refractivity contribution in [3.05, 3.63) is 69.6 Å². The summed E-state index contributed by atoms with van der Waals surface area (Å²) in [7, 11) is 0. The number of benzene rings is 1. The van der Waals surface area contributed by atoms with Crippen LogP contribution in [-0.2, 0) is 26.3 Å². The second-order valence-corrected chi connectivity index (χ2v) is 20.4. The van der Waals surface area contributed by atoms with Crippen molar-refractivity contribution < 1.29 is 19.1 Å². The molecule has 13 rings (SSSR count). The lowest BCUT2D eigenvalue weighted by atomic mass is 9.31. The summed E-state index contributed by atoms with van der Waals surface area (Å²) < 4.78 is 13.9. The quantitative estimate of drug-likeness (QED) is 0.211. The third-order valence-corrected chi connectivity index (χ3v) is 16.8. The Bertz CT molecular complexity index is 1880. The number of carbonyl (C=O) groups excluding carboxylic acids is 2. The van der Waals surface area contributed by atoms with Crippen molar-refractivity contribution in [1.82, 2.24) is 9.80 Å². The van der Waals surface area contributed by atoms with E-state index in [0.717, 1.165) is 93.3 Å². The highest BCUT2D eigenvalue weighted by molar-refractivity contribution is 5.99. The maximum Gasteiger partial charge on any atom is 0.339 e. The molecule has 1 saturated carbocycles. The van der Waals surface area contributed by atoms with E-state index in [1.807, 2.05) is 0 Å². The Balaban J connectivity index is 1.20. The summed E-state index contributed by atoms with van der Waals surface area (Å²) in [6.45, 7) is 15.9. The van der Waals surface area contributed by atoms with E-state index in [1.54, 1.807) is 11.3 Å². The van der Waals surface area contributed by atoms with Crippen LogP contribution in [0.2, 0.25) is 0 Å². The van der Waals surface area contributed by atoms with Crippen molar-refractivity contribution in [2.24, 2.45) is 58.0 Å². The van der Waals surface area contributed by atoms with Crippen LogP contribution < -0.4 is 5.73 Å². The summed E-state index contributed by atoms with van der Waals surface area (Å²) in [5.74, 6) is 3.57. The maximum absolute atomic E-state index is 15.3. The van der Waals surface area contributed by atoms with E-state index in [1.165, 1.54) is 37.8 Å². The lowest BCUT2D eigenvalue weighted by Gasteiger charge is -2.69. The summed E-state index contributed by atoms with van der Waals surface area (Å²) in [5.41, 5.74) is 11.0. The van der Waals surface area contributed by atoms with Crippen molar-refractivity contribution in [3.63, 3.8) is 0 Å². The second-order valence-electron chi connectivity index (χ2n) is 20.4. The van der Waals surface area contributed by atoms with Gasteiger partial charge in [0.1, 0.15) is 11.2 Å². The summed E-state index contributed by atoms with van der Waals surface area (Å²) in [5, 5.41) is 0. The van der Waals surface area contributed by atoms with Gasteiger partial charge in [0.2, 0.25) is 0 Å². The average Bonchev–Trinajstić information content (AvgIpc) is 3.61. The van der Waals surface area contributed by atoms with Crippen molar-refractivity contribution in [3.8, 4) is 0 Å². The molecule has 12 aliphatic rings. The summed E-state index contributed by atoms with van der Waals surface area (Å²) in [6.07, 6.45) is 18.1. The Kier molecular flexibility index (Phi) is 8.65. The smallest absolute Gasteiger partial charge is 0.339 e. The van der Waals surface area contributed by atoms with Crippen LogP contribution in [0, 0.1) is 52.3 Å². The molecule has 12 atom stereocenters. The van der Waals surface area contributed by atoms with Gasteiger partial charge in [-0.2, -0.15) is 0 Å². The van der Waals surface area contributed by atoms with E-state index >= 15 is 4.79 Å². The van der Waals surface area contributed by atoms with E-state index in [4.69, 9.17) is 15.2 Å². The fourth-order valence-electron chi connectivity index (χ4n) is 14.5. The molecule has 9 aliphatic heterocycles. The van der Waals surface area contributed by atoms with Crippen LogP contribution in [0.5, 0.6) is 0 Å². The minimum atomic E-state index is -0.955. The Labute approximate surface area is 329 Å². The molecular formula is C48H65N3O4. The van der Waals surface area contributed by atoms with Gasteiger partial charge >= 0.3 is 11.9 Å². The zero-order chi connectivity index (χ0) is 38.0. The van der Waals surface area contributed by atoms with Gasteiger partial charge in [0.05, 0.1) is 11.0 Å². The van der Waals surface area contributed by atoms with Crippen LogP contribution in [0.3, 0.4) is 0 Å². The number of aryl methyl sites for hydroxylation is 1. The minimum absolute atomic E-state index is 0.104. The number of piperidine rings is 2. The molecule has 2 spiro atoms. The third kappa shape index (κ3) is 4.93. The number of nitrogens with zero attached hydrogens (tertiary/aromatic N) is 2. The first-order valence-electron chi connectivity index (χ1n) is 22.4. The molecule has 55 heavy (non-hydrogen) atoms. The molecular weight excluding hydrogens is 683 g/mol. The fraction of sp³-hybridized carbons (Fsp3) is 0.708. The van der Waals surface area contributed by atoms with Crippen molar-refractivity contribution in [1.29, 1.82) is 0 Å². The highest BCUT2D eigenvalue weighted by Gasteiger charge is 2.91. The van der Waals surface area contributed by atoms with Crippen LogP contribution in [-0.4, -0.2) is 60.0 Å². The topological polar surface area (TPSA) is 85.1 Å². The van der Waals surface area contributed by atoms with Gasteiger partial charge in [-0.1, -0.05) is 76.0 Å². The summed E-state index contributed by atoms with van der Waals surface area (Å²) in [6, 6.07) is 7.33. The zero-order valence-electron chi connectivity index (χ0n) is 34.2. The molecule has 296 valence electrons. The number of fused-ring (bicyclic) bond motifs is 2. The Morgan fingerprint density at radius 1 is 1.04 bits per heavy atom. The molecule has 7 nitrogen and oxygen atoms in total. The highest BCUT2D eigenvalue weighted by atomic mass is 16.6. The second kappa shape index (κ2) is 13.1. The Morgan fingerprint density at radius 3 is 2.71 bits per heavy atom. The molecule has 3 saturated heterocycles. The van der Waals surface area contributed by atoms with Gasteiger partial charge in [0.15, 0.2) is 5.60 Å². The first-order valence-corrected chi connectivity index (χ1v) is 22.4. The number of esters is 2. The van der Waals surface area contributed by atoms with Gasteiger partial charge < -0.3 is 20.1 Å². The largest absolute Gasteiger partial charge is 0.449 e. The monoisotopic (exact) mass is 747 g/mol. The number of rotatable bonds is 8. The summed E-state index contributed by atoms with van der Waals surface area (Å²) >= 11 is 0. The van der Waals surface area contributed by atoms with Gasteiger partial charge in [-0.3, -0.25) is 9.69 Å². The van der Waals surface area contributed by atoms with Crippen LogP contribution in [0.4, 0.5) is 0 Å². The molecule has 12 unspecified atom stereocenters. The Morgan fingerprint density at radius 2 is 1.89 bits per heavy atom. The summed E-state index contributed by atoms with van der Waals surface area (Å²) in [4.78, 5) is 35.5. The molecule has 9 heterocycles. The zero-order valence-corrected chi connectivity index (χ0v) is 34.2. The normalized spacial score (nSPS) is 41.3. The molecule has 7 heteroatoms. The van der Waals surface area contributed by atoms with Crippen LogP contribution in [0.15, 0.2) is 53.0 Å². The molecule has 1 aromatic carbocycles. The average molecular weight is 748 g/mol. The molecule has 0 amide bonds. The fourth-order valence-corrected chi connectivity index (χ4v) is 14.5. The SMILES string of the molecule is CC(C)CCC(C)CC1C23C=C4CCC2(C(=CCC(C)N2CC5CC(C2)C2CCC6=C(C4CC(C)C6)N2C5)OC3=O)C12OC(=O)c1c(CCCN)cccc12. The Hall–Kier alpha value is -2.90. The standard InChI is InChI=1S/C48H65N3O4/c1-28(2)11-12-29(3)22-40-46-24-35-17-18-47(46,48(40)38-10-6-8-33(9-7-19-49)42(38)44(52)55-48)41(54-45(46)53)16-13-31(5)50-25-32-23-36(27-50)39-15-14-34-20-30(4)21-37(35)43(34)51(39)26-32/h6,8,10,16,24,28-32,36-37,39-40H,7,9,11-15,17-23,25-27,49H2,1-5H3. The lowest BCUT2D eigenvalue weighted by molar-refractivity contribution is -0.274. The van der Waals surface area contributed by atoms with Crippen molar-refractivity contribution in [2.45, 2.75) is 136 Å². The van der Waals surface area contributed by atoms with E-state index in [-0.39, 0.29) is 17.9 Å². The predicted molar refractivity (Wildman–Crippen MR) is 215 cm³/mol. The third-order valence-electron chi connectivity index (χ3n) is 16.8. The van der Waals surface area contributed by atoms with Crippen molar-refractivity contribution in [2.75, 3.05) is 26.2 Å². The predicted octanol–water partition coefficient (Wildman–Crippen LogP) is 8.68. The molecule has 10 bridgehead atoms. The number of carbonyl (C=O) groups is 2. The lowest BCUT2D eigenvalue weighted by Crippen LogP contribution is -2.75. The van der Waals surface area contributed by atoms with Crippen LogP contribution in [0.1, 0.15) is 133 Å². The number of nitrogens with two attached hydrogens (primary N) is 1. The first-order chi connectivity index (χ1) is 26.5. The molecule has 4 fully saturated rings. The van der Waals surface area contributed by atoms with E-state index < -0.39 is 16.4 Å². The minimum Gasteiger partial charge on any atom is -0.449 e. The molecule has 1 aromatic rings. The maximum atomic E-state index is 15.3. The van der Waals surface area contributed by atoms with Crippen molar-refractivity contribution >= 4 is 11.9 Å². The number of allylic oxidation sites excluding steroid dienone is 2. The molecule has 0 aromatic heterocycles. The van der Waals surface area contributed by atoms with Gasteiger partial charge in [-0.25, -0.2) is 4.79 Å². The van der Waals surface area contributed by atoms with E-state index in [0.29, 0.717) is 54.1 Å². The van der Waals surface area contributed by atoms with Crippen LogP contribution >= 0.6 is 0 Å². The molecule has 3 aliphatic carbocycles. The van der Waals surface area contributed by atoms with Gasteiger partial charge in [-0.05, 0) is 125 Å². The number of hydrogen-bond acceptors (Lipinski definition) is 7. The molecule has 2 N–H and O–H groups in total.